The molecule has 0 aliphatic heterocycles. The maximum absolute atomic E-state index is 13.4. The number of para-hydroxylation sites is 1. The number of alkyl halides is 3. The summed E-state index contributed by atoms with van der Waals surface area (Å²) in [5.41, 5.74) is 1.06. The highest BCUT2D eigenvalue weighted by Gasteiger charge is 2.41. The fraction of sp³-hybridized carbons (Fsp3) is 0.118. The lowest BCUT2D eigenvalue weighted by Crippen LogP contribution is -2.28. The summed E-state index contributed by atoms with van der Waals surface area (Å²) in [5.74, 6) is 0. The fourth-order valence-electron chi connectivity index (χ4n) is 2.38. The highest BCUT2D eigenvalue weighted by molar-refractivity contribution is 5.90. The van der Waals surface area contributed by atoms with E-state index in [9.17, 15) is 13.2 Å². The van der Waals surface area contributed by atoms with Gasteiger partial charge in [0.1, 0.15) is 6.04 Å². The smallest absolute Gasteiger partial charge is 0.369 e. The van der Waals surface area contributed by atoms with Crippen molar-refractivity contribution in [2.45, 2.75) is 12.2 Å². The second-order valence-electron chi connectivity index (χ2n) is 4.91. The van der Waals surface area contributed by atoms with Crippen molar-refractivity contribution in [1.29, 1.82) is 0 Å². The van der Waals surface area contributed by atoms with Crippen molar-refractivity contribution in [2.24, 2.45) is 0 Å². The van der Waals surface area contributed by atoms with Gasteiger partial charge in [-0.05, 0) is 17.7 Å². The van der Waals surface area contributed by atoms with Crippen molar-refractivity contribution in [1.82, 2.24) is 4.98 Å². The molecule has 0 fully saturated rings. The molecular formula is C17H13F3N2. The lowest BCUT2D eigenvalue weighted by Gasteiger charge is -2.23. The third-order valence-corrected chi connectivity index (χ3v) is 3.39. The van der Waals surface area contributed by atoms with Gasteiger partial charge in [0.25, 0.3) is 0 Å². The fourth-order valence-corrected chi connectivity index (χ4v) is 2.38. The van der Waals surface area contributed by atoms with Gasteiger partial charge in [0.2, 0.25) is 0 Å². The molecule has 1 N–H and O–H groups in total. The third kappa shape index (κ3) is 2.88. The Balaban J connectivity index is 2.03. The van der Waals surface area contributed by atoms with Gasteiger partial charge in [0.05, 0.1) is 11.2 Å². The molecule has 0 bridgehead atoms. The van der Waals surface area contributed by atoms with Crippen LogP contribution >= 0.6 is 0 Å². The second-order valence-corrected chi connectivity index (χ2v) is 4.91. The normalized spacial score (nSPS) is 13.0. The molecule has 2 nitrogen and oxygen atoms in total. The zero-order valence-electron chi connectivity index (χ0n) is 11.5. The molecule has 112 valence electrons. The van der Waals surface area contributed by atoms with E-state index in [1.165, 1.54) is 12.1 Å². The third-order valence-electron chi connectivity index (χ3n) is 3.39. The van der Waals surface area contributed by atoms with E-state index in [0.29, 0.717) is 11.2 Å². The van der Waals surface area contributed by atoms with Gasteiger partial charge in [0, 0.05) is 11.6 Å². The standard InChI is InChI=1S/C17H13F3N2/c18-17(19,20)16(13-6-2-1-3-7-13)22-14-10-4-8-12-9-5-11-21-15(12)14/h1-11,16,22H/t16-/m1/s1. The number of halogens is 3. The van der Waals surface area contributed by atoms with E-state index in [1.807, 2.05) is 12.1 Å². The van der Waals surface area contributed by atoms with E-state index in [2.05, 4.69) is 10.3 Å². The van der Waals surface area contributed by atoms with Crippen molar-refractivity contribution in [2.75, 3.05) is 5.32 Å². The van der Waals surface area contributed by atoms with Crippen LogP contribution in [0.2, 0.25) is 0 Å². The summed E-state index contributed by atoms with van der Waals surface area (Å²) >= 11 is 0. The summed E-state index contributed by atoms with van der Waals surface area (Å²) in [4.78, 5) is 4.18. The zero-order chi connectivity index (χ0) is 15.6. The molecule has 0 spiro atoms. The van der Waals surface area contributed by atoms with Gasteiger partial charge < -0.3 is 5.32 Å². The van der Waals surface area contributed by atoms with Crippen LogP contribution in [0.15, 0.2) is 66.9 Å². The van der Waals surface area contributed by atoms with Crippen molar-refractivity contribution in [3.63, 3.8) is 0 Å². The second kappa shape index (κ2) is 5.67. The van der Waals surface area contributed by atoms with Crippen LogP contribution in [-0.4, -0.2) is 11.2 Å². The van der Waals surface area contributed by atoms with Crippen molar-refractivity contribution in [3.05, 3.63) is 72.4 Å². The predicted molar refractivity (Wildman–Crippen MR) is 80.6 cm³/mol. The molecule has 0 aliphatic rings. The number of rotatable bonds is 3. The number of anilines is 1. The number of nitrogens with zero attached hydrogens (tertiary/aromatic N) is 1. The largest absolute Gasteiger partial charge is 0.412 e. The topological polar surface area (TPSA) is 24.9 Å². The monoisotopic (exact) mass is 302 g/mol. The first-order chi connectivity index (χ1) is 10.6. The van der Waals surface area contributed by atoms with Crippen LogP contribution in [0, 0.1) is 0 Å². The van der Waals surface area contributed by atoms with Crippen molar-refractivity contribution in [3.8, 4) is 0 Å². The minimum atomic E-state index is -4.40. The highest BCUT2D eigenvalue weighted by atomic mass is 19.4. The average Bonchev–Trinajstić information content (AvgIpc) is 2.52. The van der Waals surface area contributed by atoms with Gasteiger partial charge >= 0.3 is 6.18 Å². The SMILES string of the molecule is FC(F)(F)[C@H](Nc1cccc2cccnc12)c1ccccc1. The molecule has 0 saturated heterocycles. The Hall–Kier alpha value is -2.56. The van der Waals surface area contributed by atoms with Gasteiger partial charge in [-0.15, -0.1) is 0 Å². The predicted octanol–water partition coefficient (Wildman–Crippen LogP) is 4.95. The Morgan fingerprint density at radius 1 is 0.864 bits per heavy atom. The molecule has 0 amide bonds. The van der Waals surface area contributed by atoms with E-state index >= 15 is 0 Å². The van der Waals surface area contributed by atoms with E-state index < -0.39 is 12.2 Å². The van der Waals surface area contributed by atoms with Crippen LogP contribution in [0.3, 0.4) is 0 Å². The number of nitrogens with one attached hydrogen (secondary N) is 1. The minimum absolute atomic E-state index is 0.169. The molecule has 0 unspecified atom stereocenters. The molecule has 5 heteroatoms. The molecule has 0 aliphatic carbocycles. The molecule has 22 heavy (non-hydrogen) atoms. The molecule has 3 aromatic rings. The summed E-state index contributed by atoms with van der Waals surface area (Å²) in [7, 11) is 0. The van der Waals surface area contributed by atoms with E-state index in [1.54, 1.807) is 42.6 Å². The molecule has 2 aromatic carbocycles. The number of benzene rings is 2. The Labute approximate surface area is 125 Å². The summed E-state index contributed by atoms with van der Waals surface area (Å²) in [6.45, 7) is 0. The zero-order valence-corrected chi connectivity index (χ0v) is 11.5. The molecule has 1 atom stereocenters. The molecule has 0 saturated carbocycles. The van der Waals surface area contributed by atoms with Gasteiger partial charge in [-0.1, -0.05) is 48.5 Å². The molecular weight excluding hydrogens is 289 g/mol. The number of hydrogen-bond acceptors (Lipinski definition) is 2. The highest BCUT2D eigenvalue weighted by Crippen LogP contribution is 2.36. The van der Waals surface area contributed by atoms with Gasteiger partial charge in [-0.3, -0.25) is 4.98 Å². The Bertz CT molecular complexity index is 764. The number of aromatic nitrogens is 1. The van der Waals surface area contributed by atoms with Crippen LogP contribution in [0.1, 0.15) is 11.6 Å². The van der Waals surface area contributed by atoms with Crippen LogP contribution in [0.5, 0.6) is 0 Å². The Morgan fingerprint density at radius 3 is 2.32 bits per heavy atom. The van der Waals surface area contributed by atoms with Crippen molar-refractivity contribution < 1.29 is 13.2 Å². The van der Waals surface area contributed by atoms with Crippen molar-refractivity contribution >= 4 is 16.6 Å². The van der Waals surface area contributed by atoms with Crippen LogP contribution in [0.25, 0.3) is 10.9 Å². The van der Waals surface area contributed by atoms with Gasteiger partial charge in [-0.2, -0.15) is 13.2 Å². The summed E-state index contributed by atoms with van der Waals surface area (Å²) < 4.78 is 40.2. The molecule has 1 heterocycles. The molecule has 1 aromatic heterocycles. The molecule has 0 radical (unpaired) electrons. The first kappa shape index (κ1) is 14.4. The van der Waals surface area contributed by atoms with Gasteiger partial charge in [0.15, 0.2) is 0 Å². The van der Waals surface area contributed by atoms with E-state index in [4.69, 9.17) is 0 Å². The summed E-state index contributed by atoms with van der Waals surface area (Å²) in [6.07, 6.45) is -2.84. The quantitative estimate of drug-likeness (QED) is 0.740. The minimum Gasteiger partial charge on any atom is -0.369 e. The number of fused-ring (bicyclic) bond motifs is 1. The molecule has 3 rings (SSSR count). The Kier molecular flexibility index (Phi) is 3.71. The van der Waals surface area contributed by atoms with Crippen LogP contribution in [0.4, 0.5) is 18.9 Å². The average molecular weight is 302 g/mol. The van der Waals surface area contributed by atoms with Crippen LogP contribution < -0.4 is 5.32 Å². The number of pyridine rings is 1. The summed E-state index contributed by atoms with van der Waals surface area (Å²) in [6, 6.07) is 14.7. The Morgan fingerprint density at radius 2 is 1.59 bits per heavy atom. The summed E-state index contributed by atoms with van der Waals surface area (Å²) in [5, 5.41) is 3.38. The van der Waals surface area contributed by atoms with Gasteiger partial charge in [-0.25, -0.2) is 0 Å². The van der Waals surface area contributed by atoms with E-state index in [0.717, 1.165) is 5.39 Å². The maximum atomic E-state index is 13.4. The van der Waals surface area contributed by atoms with Crippen LogP contribution in [-0.2, 0) is 0 Å². The first-order valence-electron chi connectivity index (χ1n) is 6.77. The lowest BCUT2D eigenvalue weighted by molar-refractivity contribution is -0.143. The maximum Gasteiger partial charge on any atom is 0.412 e. The lowest BCUT2D eigenvalue weighted by atomic mass is 10.1. The first-order valence-corrected chi connectivity index (χ1v) is 6.77. The number of hydrogen-bond donors (Lipinski definition) is 1. The van der Waals surface area contributed by atoms with E-state index in [-0.39, 0.29) is 5.56 Å².